The van der Waals surface area contributed by atoms with Crippen LogP contribution in [0.4, 0.5) is 0 Å². The maximum atomic E-state index is 11.3. The van der Waals surface area contributed by atoms with E-state index < -0.39 is 0 Å². The van der Waals surface area contributed by atoms with Crippen LogP contribution >= 0.6 is 0 Å². The highest BCUT2D eigenvalue weighted by molar-refractivity contribution is 5.86. The first kappa shape index (κ1) is 12.2. The Labute approximate surface area is 91.4 Å². The van der Waals surface area contributed by atoms with E-state index >= 15 is 0 Å². The smallest absolute Gasteiger partial charge is 0.333 e. The van der Waals surface area contributed by atoms with Gasteiger partial charge >= 0.3 is 5.97 Å². The van der Waals surface area contributed by atoms with Gasteiger partial charge in [-0.25, -0.2) is 4.79 Å². The number of hydrogen-bond acceptors (Lipinski definition) is 3. The van der Waals surface area contributed by atoms with Crippen molar-refractivity contribution in [2.75, 3.05) is 19.8 Å². The Hall–Kier alpha value is -0.830. The maximum absolute atomic E-state index is 11.3. The average molecular weight is 212 g/mol. The molecular formula is C12H20O3. The first-order valence-electron chi connectivity index (χ1n) is 5.35. The second-order valence-electron chi connectivity index (χ2n) is 4.95. The van der Waals surface area contributed by atoms with E-state index in [2.05, 4.69) is 20.4 Å². The highest BCUT2D eigenvalue weighted by Gasteiger charge is 2.40. The summed E-state index contributed by atoms with van der Waals surface area (Å²) in [6.45, 7) is 11.4. The van der Waals surface area contributed by atoms with Gasteiger partial charge in [-0.2, -0.15) is 0 Å². The Kier molecular flexibility index (Phi) is 3.91. The van der Waals surface area contributed by atoms with Gasteiger partial charge in [-0.1, -0.05) is 20.4 Å². The highest BCUT2D eigenvalue weighted by atomic mass is 16.5. The molecule has 0 atom stereocenters. The van der Waals surface area contributed by atoms with Crippen LogP contribution in [-0.2, 0) is 14.3 Å². The van der Waals surface area contributed by atoms with E-state index in [0.29, 0.717) is 31.3 Å². The van der Waals surface area contributed by atoms with Crippen LogP contribution in [0.5, 0.6) is 0 Å². The van der Waals surface area contributed by atoms with Crippen LogP contribution in [0.25, 0.3) is 0 Å². The molecule has 0 aromatic heterocycles. The zero-order chi connectivity index (χ0) is 11.5. The summed E-state index contributed by atoms with van der Waals surface area (Å²) in [4.78, 5) is 11.3. The molecule has 0 unspecified atom stereocenters. The Balaban J connectivity index is 2.40. The van der Waals surface area contributed by atoms with Crippen LogP contribution in [0.15, 0.2) is 12.2 Å². The molecule has 1 fully saturated rings. The molecule has 0 bridgehead atoms. The predicted octanol–water partition coefficient (Wildman–Crippen LogP) is 2.17. The molecule has 3 heteroatoms. The van der Waals surface area contributed by atoms with Crippen molar-refractivity contribution in [2.45, 2.75) is 27.2 Å². The largest absolute Gasteiger partial charge is 0.462 e. The van der Waals surface area contributed by atoms with Crippen LogP contribution in [0.2, 0.25) is 0 Å². The highest BCUT2D eigenvalue weighted by Crippen LogP contribution is 2.34. The van der Waals surface area contributed by atoms with E-state index in [0.717, 1.165) is 6.42 Å². The predicted molar refractivity (Wildman–Crippen MR) is 58.5 cm³/mol. The van der Waals surface area contributed by atoms with Crippen molar-refractivity contribution in [2.24, 2.45) is 11.3 Å². The SMILES string of the molecule is C=C(C)C(=O)OCC1(CC(C)C)COC1. The van der Waals surface area contributed by atoms with Gasteiger partial charge < -0.3 is 9.47 Å². The Bertz CT molecular complexity index is 252. The van der Waals surface area contributed by atoms with Crippen molar-refractivity contribution >= 4 is 5.97 Å². The monoisotopic (exact) mass is 212 g/mol. The van der Waals surface area contributed by atoms with Crippen LogP contribution in [0.1, 0.15) is 27.2 Å². The van der Waals surface area contributed by atoms with Crippen LogP contribution in [-0.4, -0.2) is 25.8 Å². The molecule has 1 rings (SSSR count). The lowest BCUT2D eigenvalue weighted by Gasteiger charge is -2.42. The minimum Gasteiger partial charge on any atom is -0.462 e. The van der Waals surface area contributed by atoms with Crippen LogP contribution < -0.4 is 0 Å². The molecule has 1 heterocycles. The van der Waals surface area contributed by atoms with E-state index in [-0.39, 0.29) is 11.4 Å². The average Bonchev–Trinajstić information content (AvgIpc) is 2.08. The van der Waals surface area contributed by atoms with E-state index in [1.54, 1.807) is 6.92 Å². The van der Waals surface area contributed by atoms with Gasteiger partial charge in [0.05, 0.1) is 18.6 Å². The number of carbonyl (C=O) groups excluding carboxylic acids is 1. The normalized spacial score (nSPS) is 18.4. The topological polar surface area (TPSA) is 35.5 Å². The molecule has 86 valence electrons. The van der Waals surface area contributed by atoms with Crippen molar-refractivity contribution in [1.29, 1.82) is 0 Å². The van der Waals surface area contributed by atoms with Crippen molar-refractivity contribution in [3.8, 4) is 0 Å². The zero-order valence-corrected chi connectivity index (χ0v) is 9.84. The fourth-order valence-electron chi connectivity index (χ4n) is 1.86. The molecule has 0 radical (unpaired) electrons. The lowest BCUT2D eigenvalue weighted by atomic mass is 9.79. The van der Waals surface area contributed by atoms with Crippen molar-refractivity contribution in [3.63, 3.8) is 0 Å². The van der Waals surface area contributed by atoms with Gasteiger partial charge in [0, 0.05) is 5.57 Å². The second-order valence-corrected chi connectivity index (χ2v) is 4.95. The van der Waals surface area contributed by atoms with Crippen molar-refractivity contribution < 1.29 is 14.3 Å². The molecule has 3 nitrogen and oxygen atoms in total. The Morgan fingerprint density at radius 2 is 2.13 bits per heavy atom. The van der Waals surface area contributed by atoms with Crippen LogP contribution in [0, 0.1) is 11.3 Å². The maximum Gasteiger partial charge on any atom is 0.333 e. The second kappa shape index (κ2) is 4.79. The third-order valence-corrected chi connectivity index (χ3v) is 2.52. The number of carbonyl (C=O) groups is 1. The number of hydrogen-bond donors (Lipinski definition) is 0. The summed E-state index contributed by atoms with van der Waals surface area (Å²) in [5.74, 6) is 0.294. The minimum absolute atomic E-state index is 0.0548. The molecular weight excluding hydrogens is 192 g/mol. The summed E-state index contributed by atoms with van der Waals surface area (Å²) >= 11 is 0. The van der Waals surface area contributed by atoms with Gasteiger partial charge in [-0.05, 0) is 19.3 Å². The summed E-state index contributed by atoms with van der Waals surface area (Å²) in [6, 6.07) is 0. The van der Waals surface area contributed by atoms with Gasteiger partial charge in [-0.3, -0.25) is 0 Å². The van der Waals surface area contributed by atoms with Gasteiger partial charge in [-0.15, -0.1) is 0 Å². The van der Waals surface area contributed by atoms with Gasteiger partial charge in [0.25, 0.3) is 0 Å². The molecule has 0 aliphatic carbocycles. The fourth-order valence-corrected chi connectivity index (χ4v) is 1.86. The number of rotatable bonds is 5. The zero-order valence-electron chi connectivity index (χ0n) is 9.84. The molecule has 0 saturated carbocycles. The number of esters is 1. The molecule has 0 spiro atoms. The van der Waals surface area contributed by atoms with Crippen molar-refractivity contribution in [3.05, 3.63) is 12.2 Å². The first-order valence-corrected chi connectivity index (χ1v) is 5.35. The summed E-state index contributed by atoms with van der Waals surface area (Å²) < 4.78 is 10.4. The molecule has 0 N–H and O–H groups in total. The lowest BCUT2D eigenvalue weighted by molar-refractivity contribution is -0.170. The fraction of sp³-hybridized carbons (Fsp3) is 0.750. The molecule has 0 aromatic carbocycles. The number of ether oxygens (including phenoxy) is 2. The molecule has 1 saturated heterocycles. The third-order valence-electron chi connectivity index (χ3n) is 2.52. The molecule has 15 heavy (non-hydrogen) atoms. The van der Waals surface area contributed by atoms with E-state index in [4.69, 9.17) is 9.47 Å². The summed E-state index contributed by atoms with van der Waals surface area (Å²) in [6.07, 6.45) is 1.04. The lowest BCUT2D eigenvalue weighted by Crippen LogP contribution is -2.47. The molecule has 1 aliphatic rings. The first-order chi connectivity index (χ1) is 6.95. The molecule has 1 aliphatic heterocycles. The summed E-state index contributed by atoms with van der Waals surface area (Å²) in [5.41, 5.74) is 0.508. The summed E-state index contributed by atoms with van der Waals surface area (Å²) in [5, 5.41) is 0. The van der Waals surface area contributed by atoms with Gasteiger partial charge in [0.2, 0.25) is 0 Å². The quantitative estimate of drug-likeness (QED) is 0.517. The summed E-state index contributed by atoms with van der Waals surface area (Å²) in [7, 11) is 0. The van der Waals surface area contributed by atoms with E-state index in [1.807, 2.05) is 0 Å². The van der Waals surface area contributed by atoms with Gasteiger partial charge in [0.1, 0.15) is 6.61 Å². The third kappa shape index (κ3) is 3.34. The van der Waals surface area contributed by atoms with E-state index in [9.17, 15) is 4.79 Å². The Morgan fingerprint density at radius 1 is 1.53 bits per heavy atom. The van der Waals surface area contributed by atoms with E-state index in [1.165, 1.54) is 0 Å². The van der Waals surface area contributed by atoms with Gasteiger partial charge in [0.15, 0.2) is 0 Å². The minimum atomic E-state index is -0.301. The molecule has 0 amide bonds. The van der Waals surface area contributed by atoms with Crippen molar-refractivity contribution in [1.82, 2.24) is 0 Å². The van der Waals surface area contributed by atoms with Crippen LogP contribution in [0.3, 0.4) is 0 Å². The standard InChI is InChI=1S/C12H20O3/c1-9(2)5-12(6-14-7-12)8-15-11(13)10(3)4/h9H,3,5-8H2,1-2,4H3. The molecule has 0 aromatic rings. The Morgan fingerprint density at radius 3 is 2.47 bits per heavy atom.